The van der Waals surface area contributed by atoms with Gasteiger partial charge in [-0.1, -0.05) is 64.5 Å². The molecule has 0 fully saturated rings. The first kappa shape index (κ1) is 26.3. The maximum atomic E-state index is 15.5. The first-order valence-corrected chi connectivity index (χ1v) is 14.3. The monoisotopic (exact) mass is 510 g/mol. The van der Waals surface area contributed by atoms with E-state index in [9.17, 15) is 0 Å². The van der Waals surface area contributed by atoms with E-state index >= 15 is 17.6 Å². The lowest BCUT2D eigenvalue weighted by molar-refractivity contribution is 0.427. The van der Waals surface area contributed by atoms with E-state index in [2.05, 4.69) is 19.9 Å². The molecule has 0 bridgehead atoms. The van der Waals surface area contributed by atoms with Gasteiger partial charge in [-0.25, -0.2) is 17.6 Å². The van der Waals surface area contributed by atoms with Crippen LogP contribution in [0.1, 0.15) is 113 Å². The molecule has 0 aromatic heterocycles. The molecule has 198 valence electrons. The third kappa shape index (κ3) is 5.05. The highest BCUT2D eigenvalue weighted by Gasteiger charge is 2.33. The molecule has 0 radical (unpaired) electrons. The minimum Gasteiger partial charge on any atom is -0.203 e. The van der Waals surface area contributed by atoms with Gasteiger partial charge in [-0.05, 0) is 91.2 Å². The van der Waals surface area contributed by atoms with Gasteiger partial charge in [0.25, 0.3) is 0 Å². The van der Waals surface area contributed by atoms with Crippen molar-refractivity contribution in [3.05, 3.63) is 69.8 Å². The molecule has 37 heavy (non-hydrogen) atoms. The van der Waals surface area contributed by atoms with E-state index in [1.807, 2.05) is 6.08 Å². The maximum absolute atomic E-state index is 15.5. The van der Waals surface area contributed by atoms with Gasteiger partial charge >= 0.3 is 0 Å². The Morgan fingerprint density at radius 3 is 1.59 bits per heavy atom. The van der Waals surface area contributed by atoms with Crippen molar-refractivity contribution < 1.29 is 17.6 Å². The number of unbranched alkanes of at least 4 members (excludes halogenated alkanes) is 2. The molecule has 2 aromatic rings. The fraction of sp³-hybridized carbons (Fsp3) is 0.515. The number of halogens is 4. The van der Waals surface area contributed by atoms with Gasteiger partial charge in [-0.2, -0.15) is 0 Å². The lowest BCUT2D eigenvalue weighted by Gasteiger charge is -2.23. The molecule has 0 nitrogen and oxygen atoms in total. The number of fused-ring (bicyclic) bond motifs is 3. The van der Waals surface area contributed by atoms with Gasteiger partial charge < -0.3 is 0 Å². The third-order valence-electron chi connectivity index (χ3n) is 8.85. The molecule has 3 aliphatic carbocycles. The van der Waals surface area contributed by atoms with E-state index in [1.165, 1.54) is 25.7 Å². The predicted octanol–water partition coefficient (Wildman–Crippen LogP) is 10.6. The number of hydrogen-bond donors (Lipinski definition) is 0. The van der Waals surface area contributed by atoms with Crippen LogP contribution in [0.2, 0.25) is 0 Å². The van der Waals surface area contributed by atoms with Crippen LogP contribution in [0.3, 0.4) is 0 Å². The van der Waals surface area contributed by atoms with Crippen LogP contribution in [0.15, 0.2) is 24.3 Å². The quantitative estimate of drug-likeness (QED) is 0.209. The zero-order valence-corrected chi connectivity index (χ0v) is 22.2. The van der Waals surface area contributed by atoms with Gasteiger partial charge in [0.1, 0.15) is 0 Å². The average Bonchev–Trinajstić information content (AvgIpc) is 3.28. The fourth-order valence-electron chi connectivity index (χ4n) is 6.73. The zero-order chi connectivity index (χ0) is 26.1. The van der Waals surface area contributed by atoms with Gasteiger partial charge in [0.05, 0.1) is 0 Å². The first-order chi connectivity index (χ1) is 17.9. The van der Waals surface area contributed by atoms with Gasteiger partial charge in [-0.15, -0.1) is 0 Å². The molecule has 2 atom stereocenters. The average molecular weight is 511 g/mol. The Hall–Kier alpha value is -2.36. The summed E-state index contributed by atoms with van der Waals surface area (Å²) in [5, 5.41) is 0. The Balaban J connectivity index is 1.43. The highest BCUT2D eigenvalue weighted by molar-refractivity contribution is 5.83. The minimum absolute atomic E-state index is 0.103. The summed E-state index contributed by atoms with van der Waals surface area (Å²) in [4.78, 5) is 0. The highest BCUT2D eigenvalue weighted by Crippen LogP contribution is 2.46. The van der Waals surface area contributed by atoms with E-state index in [0.717, 1.165) is 56.1 Å². The van der Waals surface area contributed by atoms with Gasteiger partial charge in [0.2, 0.25) is 0 Å². The van der Waals surface area contributed by atoms with Crippen molar-refractivity contribution in [1.82, 2.24) is 0 Å². The lowest BCUT2D eigenvalue weighted by atomic mass is 9.83. The molecule has 2 unspecified atom stereocenters. The van der Waals surface area contributed by atoms with Crippen LogP contribution < -0.4 is 0 Å². The number of benzene rings is 2. The van der Waals surface area contributed by atoms with Crippen LogP contribution >= 0.6 is 0 Å². The van der Waals surface area contributed by atoms with E-state index in [0.29, 0.717) is 29.4 Å². The maximum Gasteiger partial charge on any atom is 0.167 e. The fourth-order valence-corrected chi connectivity index (χ4v) is 6.73. The van der Waals surface area contributed by atoms with Crippen molar-refractivity contribution in [1.29, 1.82) is 0 Å². The Morgan fingerprint density at radius 2 is 1.16 bits per heavy atom. The normalized spacial score (nSPS) is 20.9. The van der Waals surface area contributed by atoms with Crippen molar-refractivity contribution in [2.24, 2.45) is 11.8 Å². The van der Waals surface area contributed by atoms with Crippen LogP contribution in [0.25, 0.3) is 22.3 Å². The van der Waals surface area contributed by atoms with Crippen LogP contribution in [0.5, 0.6) is 0 Å². The van der Waals surface area contributed by atoms with E-state index in [-0.39, 0.29) is 28.7 Å². The molecule has 4 heteroatoms. The summed E-state index contributed by atoms with van der Waals surface area (Å²) in [6, 6.07) is 3.36. The summed E-state index contributed by atoms with van der Waals surface area (Å²) >= 11 is 0. The molecule has 0 N–H and O–H groups in total. The second kappa shape index (κ2) is 11.2. The summed E-state index contributed by atoms with van der Waals surface area (Å²) in [5.41, 5.74) is 3.12. The van der Waals surface area contributed by atoms with Crippen LogP contribution in [0, 0.1) is 35.1 Å². The highest BCUT2D eigenvalue weighted by atomic mass is 19.2. The predicted molar refractivity (Wildman–Crippen MR) is 144 cm³/mol. The molecule has 0 aliphatic heterocycles. The largest absolute Gasteiger partial charge is 0.203 e. The van der Waals surface area contributed by atoms with Crippen molar-refractivity contribution in [2.45, 2.75) is 97.3 Å². The van der Waals surface area contributed by atoms with E-state index in [4.69, 9.17) is 0 Å². The summed E-state index contributed by atoms with van der Waals surface area (Å²) in [5.74, 6) is -2.80. The Kier molecular flexibility index (Phi) is 7.93. The second-order valence-corrected chi connectivity index (χ2v) is 11.4. The molecule has 0 heterocycles. The smallest absolute Gasteiger partial charge is 0.167 e. The third-order valence-corrected chi connectivity index (χ3v) is 8.85. The summed E-state index contributed by atoms with van der Waals surface area (Å²) < 4.78 is 61.5. The lowest BCUT2D eigenvalue weighted by Crippen LogP contribution is -2.08. The molecule has 0 spiro atoms. The molecule has 2 aromatic carbocycles. The Labute approximate surface area is 218 Å². The van der Waals surface area contributed by atoms with E-state index in [1.54, 1.807) is 12.1 Å². The molecular formula is C33H38F4. The SMILES string of the molecule is CCCCCC1CC=C(c2cc3c(c(F)c2F)-c2c(cc(C4=CCC(CCC)CC4)c(F)c2F)C3)CC1. The van der Waals surface area contributed by atoms with Crippen LogP contribution in [0.4, 0.5) is 17.6 Å². The topological polar surface area (TPSA) is 0 Å². The molecule has 0 saturated carbocycles. The number of allylic oxidation sites excluding steroid dienone is 4. The van der Waals surface area contributed by atoms with Crippen molar-refractivity contribution in [3.8, 4) is 11.1 Å². The Morgan fingerprint density at radius 1 is 0.649 bits per heavy atom. The van der Waals surface area contributed by atoms with Crippen molar-refractivity contribution in [2.75, 3.05) is 0 Å². The van der Waals surface area contributed by atoms with Crippen LogP contribution in [-0.2, 0) is 6.42 Å². The summed E-state index contributed by atoms with van der Waals surface area (Å²) in [6.45, 7) is 4.36. The molecular weight excluding hydrogens is 472 g/mol. The van der Waals surface area contributed by atoms with Gasteiger partial charge in [0, 0.05) is 22.3 Å². The van der Waals surface area contributed by atoms with Crippen LogP contribution in [-0.4, -0.2) is 0 Å². The molecule has 3 aliphatic rings. The standard InChI is InChI=1S/C33H38F4/c1-3-5-6-8-21-11-15-23(16-12-21)27-19-25-17-24-18-26(22-13-9-20(7-4-2)10-14-22)30(34)32(36)28(24)29(25)33(37)31(27)35/h13,15,18-21H,3-12,14,16-17H2,1-2H3. The molecule has 0 saturated heterocycles. The number of hydrogen-bond acceptors (Lipinski definition) is 0. The zero-order valence-electron chi connectivity index (χ0n) is 22.2. The Bertz CT molecular complexity index is 1240. The first-order valence-electron chi connectivity index (χ1n) is 14.3. The number of rotatable bonds is 8. The van der Waals surface area contributed by atoms with Crippen molar-refractivity contribution in [3.63, 3.8) is 0 Å². The van der Waals surface area contributed by atoms with Gasteiger partial charge in [-0.3, -0.25) is 0 Å². The summed E-state index contributed by atoms with van der Waals surface area (Å²) in [7, 11) is 0. The minimum atomic E-state index is -1.05. The molecule has 5 rings (SSSR count). The van der Waals surface area contributed by atoms with E-state index < -0.39 is 23.3 Å². The van der Waals surface area contributed by atoms with Gasteiger partial charge in [0.15, 0.2) is 23.3 Å². The second-order valence-electron chi connectivity index (χ2n) is 11.4. The molecule has 0 amide bonds. The van der Waals surface area contributed by atoms with Crippen molar-refractivity contribution >= 4 is 11.1 Å². The summed E-state index contributed by atoms with van der Waals surface area (Å²) in [6.07, 6.45) is 16.6.